The zero-order valence-electron chi connectivity index (χ0n) is 17.1. The molecule has 2 aromatic carbocycles. The molecule has 2 aromatic rings. The van der Waals surface area contributed by atoms with Crippen molar-refractivity contribution in [1.82, 2.24) is 10.2 Å². The lowest BCUT2D eigenvalue weighted by atomic mass is 10.1. The third-order valence-corrected chi connectivity index (χ3v) is 4.53. The summed E-state index contributed by atoms with van der Waals surface area (Å²) in [6.07, 6.45) is 0.677. The van der Waals surface area contributed by atoms with Gasteiger partial charge in [0.15, 0.2) is 6.61 Å². The first-order valence-electron chi connectivity index (χ1n) is 9.70. The molecule has 150 valence electrons. The summed E-state index contributed by atoms with van der Waals surface area (Å²) < 4.78 is 5.72. The molecule has 1 unspecified atom stereocenters. The topological polar surface area (TPSA) is 58.6 Å². The number of nitrogens with zero attached hydrogens (tertiary/aromatic N) is 1. The van der Waals surface area contributed by atoms with E-state index in [1.807, 2.05) is 75.4 Å². The van der Waals surface area contributed by atoms with Crippen LogP contribution in [0, 0.1) is 6.92 Å². The molecule has 0 bridgehead atoms. The number of nitrogens with one attached hydrogen (secondary N) is 1. The molecule has 5 nitrogen and oxygen atoms in total. The minimum atomic E-state index is -0.570. The molecule has 2 rings (SSSR count). The van der Waals surface area contributed by atoms with Crippen LogP contribution in [0.25, 0.3) is 0 Å². The van der Waals surface area contributed by atoms with E-state index in [4.69, 9.17) is 4.74 Å². The van der Waals surface area contributed by atoms with Crippen LogP contribution < -0.4 is 10.1 Å². The van der Waals surface area contributed by atoms with Gasteiger partial charge in [0, 0.05) is 12.6 Å². The number of para-hydroxylation sites is 1. The molecule has 28 heavy (non-hydrogen) atoms. The number of ether oxygens (including phenoxy) is 1. The van der Waals surface area contributed by atoms with Gasteiger partial charge in [-0.25, -0.2) is 0 Å². The summed E-state index contributed by atoms with van der Waals surface area (Å²) >= 11 is 0. The van der Waals surface area contributed by atoms with Gasteiger partial charge >= 0.3 is 0 Å². The SMILES string of the molecule is Cc1ccccc1OCC(=O)N(CCc1ccccc1)C(C)C(=O)NC(C)C. The molecule has 2 amide bonds. The van der Waals surface area contributed by atoms with Crippen LogP contribution in [-0.4, -0.2) is 41.9 Å². The standard InChI is InChI=1S/C23H30N2O3/c1-17(2)24-23(27)19(4)25(15-14-20-11-6-5-7-12-20)22(26)16-28-21-13-9-8-10-18(21)3/h5-13,17,19H,14-16H2,1-4H3,(H,24,27). The van der Waals surface area contributed by atoms with Crippen LogP contribution in [-0.2, 0) is 16.0 Å². The van der Waals surface area contributed by atoms with E-state index in [9.17, 15) is 9.59 Å². The average Bonchev–Trinajstić information content (AvgIpc) is 2.67. The maximum absolute atomic E-state index is 12.9. The first-order chi connectivity index (χ1) is 13.4. The van der Waals surface area contributed by atoms with Crippen molar-refractivity contribution in [1.29, 1.82) is 0 Å². The summed E-state index contributed by atoms with van der Waals surface area (Å²) in [5, 5.41) is 2.89. The first kappa shape index (κ1) is 21.5. The Morgan fingerprint density at radius 1 is 1.00 bits per heavy atom. The van der Waals surface area contributed by atoms with Crippen molar-refractivity contribution in [2.75, 3.05) is 13.2 Å². The van der Waals surface area contributed by atoms with Crippen molar-refractivity contribution in [3.05, 3.63) is 65.7 Å². The summed E-state index contributed by atoms with van der Waals surface area (Å²) in [5.74, 6) is 0.316. The van der Waals surface area contributed by atoms with Gasteiger partial charge in [0.25, 0.3) is 5.91 Å². The van der Waals surface area contributed by atoms with Gasteiger partial charge in [-0.15, -0.1) is 0 Å². The Morgan fingerprint density at radius 2 is 1.64 bits per heavy atom. The second kappa shape index (κ2) is 10.5. The fourth-order valence-corrected chi connectivity index (χ4v) is 2.92. The Labute approximate surface area is 167 Å². The van der Waals surface area contributed by atoms with E-state index < -0.39 is 6.04 Å². The van der Waals surface area contributed by atoms with Gasteiger partial charge in [0.2, 0.25) is 5.91 Å². The smallest absolute Gasteiger partial charge is 0.261 e. The van der Waals surface area contributed by atoms with Gasteiger partial charge < -0.3 is 15.0 Å². The largest absolute Gasteiger partial charge is 0.484 e. The lowest BCUT2D eigenvalue weighted by Gasteiger charge is -2.29. The molecule has 0 aliphatic rings. The van der Waals surface area contributed by atoms with Crippen molar-refractivity contribution >= 4 is 11.8 Å². The molecule has 0 aromatic heterocycles. The van der Waals surface area contributed by atoms with Crippen molar-refractivity contribution in [2.24, 2.45) is 0 Å². The zero-order valence-corrected chi connectivity index (χ0v) is 17.1. The molecule has 0 spiro atoms. The number of amides is 2. The molecule has 0 radical (unpaired) electrons. The molecule has 0 aliphatic carbocycles. The lowest BCUT2D eigenvalue weighted by Crippen LogP contribution is -2.51. The number of hydrogen-bond acceptors (Lipinski definition) is 3. The van der Waals surface area contributed by atoms with Crippen molar-refractivity contribution in [3.8, 4) is 5.75 Å². The van der Waals surface area contributed by atoms with E-state index in [-0.39, 0.29) is 24.5 Å². The van der Waals surface area contributed by atoms with Crippen LogP contribution >= 0.6 is 0 Å². The van der Waals surface area contributed by atoms with Crippen molar-refractivity contribution < 1.29 is 14.3 Å². The summed E-state index contributed by atoms with van der Waals surface area (Å²) in [6, 6.07) is 17.0. The number of benzene rings is 2. The highest BCUT2D eigenvalue weighted by Crippen LogP contribution is 2.16. The van der Waals surface area contributed by atoms with Crippen molar-refractivity contribution in [3.63, 3.8) is 0 Å². The fraction of sp³-hybridized carbons (Fsp3) is 0.391. The quantitative estimate of drug-likeness (QED) is 0.723. The third-order valence-electron chi connectivity index (χ3n) is 4.53. The monoisotopic (exact) mass is 382 g/mol. The second-order valence-electron chi connectivity index (χ2n) is 7.22. The van der Waals surface area contributed by atoms with E-state index in [2.05, 4.69) is 5.32 Å². The Balaban J connectivity index is 2.07. The van der Waals surface area contributed by atoms with Gasteiger partial charge in [-0.1, -0.05) is 48.5 Å². The maximum Gasteiger partial charge on any atom is 0.261 e. The molecule has 0 heterocycles. The Kier molecular flexibility index (Phi) is 8.05. The van der Waals surface area contributed by atoms with E-state index in [0.717, 1.165) is 11.1 Å². The van der Waals surface area contributed by atoms with E-state index >= 15 is 0 Å². The summed E-state index contributed by atoms with van der Waals surface area (Å²) in [6.45, 7) is 7.86. The van der Waals surface area contributed by atoms with E-state index in [0.29, 0.717) is 18.7 Å². The molecule has 0 saturated heterocycles. The van der Waals surface area contributed by atoms with Gasteiger partial charge in [0.1, 0.15) is 11.8 Å². The normalized spacial score (nSPS) is 11.8. The van der Waals surface area contributed by atoms with Gasteiger partial charge in [-0.2, -0.15) is 0 Å². The number of rotatable bonds is 9. The molecular weight excluding hydrogens is 352 g/mol. The molecule has 0 fully saturated rings. The highest BCUT2D eigenvalue weighted by Gasteiger charge is 2.26. The van der Waals surface area contributed by atoms with Crippen molar-refractivity contribution in [2.45, 2.75) is 46.2 Å². The van der Waals surface area contributed by atoms with Crippen LogP contribution in [0.15, 0.2) is 54.6 Å². The predicted molar refractivity (Wildman–Crippen MR) is 111 cm³/mol. The van der Waals surface area contributed by atoms with Crippen LogP contribution in [0.4, 0.5) is 0 Å². The number of hydrogen-bond donors (Lipinski definition) is 1. The molecular formula is C23H30N2O3. The molecule has 1 N–H and O–H groups in total. The predicted octanol–water partition coefficient (Wildman–Crippen LogP) is 3.36. The zero-order chi connectivity index (χ0) is 20.5. The number of carbonyl (C=O) groups excluding carboxylic acids is 2. The highest BCUT2D eigenvalue weighted by atomic mass is 16.5. The van der Waals surface area contributed by atoms with Crippen LogP contribution in [0.1, 0.15) is 31.9 Å². The minimum Gasteiger partial charge on any atom is -0.484 e. The van der Waals surface area contributed by atoms with Crippen LogP contribution in [0.2, 0.25) is 0 Å². The third kappa shape index (κ3) is 6.41. The summed E-state index contributed by atoms with van der Waals surface area (Å²) in [4.78, 5) is 27.0. The first-order valence-corrected chi connectivity index (χ1v) is 9.70. The molecule has 5 heteroatoms. The molecule has 0 aliphatic heterocycles. The number of aryl methyl sites for hydroxylation is 1. The second-order valence-corrected chi connectivity index (χ2v) is 7.22. The minimum absolute atomic E-state index is 0.0178. The number of carbonyl (C=O) groups is 2. The fourth-order valence-electron chi connectivity index (χ4n) is 2.92. The summed E-state index contributed by atoms with van der Waals surface area (Å²) in [7, 11) is 0. The maximum atomic E-state index is 12.9. The Morgan fingerprint density at radius 3 is 2.29 bits per heavy atom. The average molecular weight is 383 g/mol. The Bertz CT molecular complexity index is 774. The van der Waals surface area contributed by atoms with Crippen LogP contribution in [0.3, 0.4) is 0 Å². The lowest BCUT2D eigenvalue weighted by molar-refractivity contribution is -0.141. The van der Waals surface area contributed by atoms with Gasteiger partial charge in [-0.05, 0) is 51.3 Å². The molecule has 1 atom stereocenters. The van der Waals surface area contributed by atoms with Gasteiger partial charge in [0.05, 0.1) is 0 Å². The highest BCUT2D eigenvalue weighted by molar-refractivity contribution is 5.88. The van der Waals surface area contributed by atoms with E-state index in [1.165, 1.54) is 0 Å². The summed E-state index contributed by atoms with van der Waals surface area (Å²) in [5.41, 5.74) is 2.09. The Hall–Kier alpha value is -2.82. The molecule has 0 saturated carbocycles. The van der Waals surface area contributed by atoms with E-state index in [1.54, 1.807) is 11.8 Å². The van der Waals surface area contributed by atoms with Crippen LogP contribution in [0.5, 0.6) is 5.75 Å². The van der Waals surface area contributed by atoms with Gasteiger partial charge in [-0.3, -0.25) is 9.59 Å².